The average Bonchev–Trinajstić information content (AvgIpc) is 3.10. The number of aryl methyl sites for hydroxylation is 1. The van der Waals surface area contributed by atoms with Crippen molar-refractivity contribution in [3.8, 4) is 0 Å². The standard InChI is InChI=1S/C17H21BrN2O4S3/c1-2-3-14-4-6-15(7-5-14)26(21,22)19-10-12-20(13-11-19)27(23,24)17-9-8-16(18)25-17/h4-9H,2-3,10-13H2,1H3. The van der Waals surface area contributed by atoms with E-state index < -0.39 is 20.0 Å². The van der Waals surface area contributed by atoms with Crippen molar-refractivity contribution in [3.63, 3.8) is 0 Å². The molecule has 2 aromatic rings. The summed E-state index contributed by atoms with van der Waals surface area (Å²) in [6, 6.07) is 10.2. The third kappa shape index (κ3) is 4.46. The highest BCUT2D eigenvalue weighted by Crippen LogP contribution is 2.29. The molecule has 0 radical (unpaired) electrons. The van der Waals surface area contributed by atoms with Crippen molar-refractivity contribution in [1.29, 1.82) is 0 Å². The van der Waals surface area contributed by atoms with E-state index in [2.05, 4.69) is 22.9 Å². The molecule has 0 atom stereocenters. The lowest BCUT2D eigenvalue weighted by Gasteiger charge is -2.33. The maximum atomic E-state index is 12.8. The molecule has 1 aromatic heterocycles. The molecule has 1 fully saturated rings. The van der Waals surface area contributed by atoms with Gasteiger partial charge in [0, 0.05) is 26.2 Å². The Balaban J connectivity index is 1.71. The van der Waals surface area contributed by atoms with E-state index in [0.717, 1.165) is 33.5 Å². The summed E-state index contributed by atoms with van der Waals surface area (Å²) >= 11 is 4.42. The third-order valence-electron chi connectivity index (χ3n) is 4.44. The lowest BCUT2D eigenvalue weighted by molar-refractivity contribution is 0.273. The normalized spacial score (nSPS) is 17.3. The zero-order valence-electron chi connectivity index (χ0n) is 14.8. The minimum absolute atomic E-state index is 0.144. The Hall–Kier alpha value is -0.780. The summed E-state index contributed by atoms with van der Waals surface area (Å²) in [5.74, 6) is 0. The van der Waals surface area contributed by atoms with E-state index in [-0.39, 0.29) is 35.3 Å². The molecule has 1 aromatic carbocycles. The number of hydrogen-bond donors (Lipinski definition) is 0. The Kier molecular flexibility index (Phi) is 6.44. The highest BCUT2D eigenvalue weighted by Gasteiger charge is 2.34. The highest BCUT2D eigenvalue weighted by atomic mass is 79.9. The fourth-order valence-corrected chi connectivity index (χ4v) is 7.99. The summed E-state index contributed by atoms with van der Waals surface area (Å²) < 4.78 is 54.7. The molecule has 1 aliphatic heterocycles. The Labute approximate surface area is 173 Å². The monoisotopic (exact) mass is 492 g/mol. The van der Waals surface area contributed by atoms with Crippen LogP contribution in [0.2, 0.25) is 0 Å². The van der Waals surface area contributed by atoms with Gasteiger partial charge in [-0.25, -0.2) is 16.8 Å². The SMILES string of the molecule is CCCc1ccc(S(=O)(=O)N2CCN(S(=O)(=O)c3ccc(Br)s3)CC2)cc1. The highest BCUT2D eigenvalue weighted by molar-refractivity contribution is 9.11. The van der Waals surface area contributed by atoms with Crippen molar-refractivity contribution < 1.29 is 16.8 Å². The van der Waals surface area contributed by atoms with Gasteiger partial charge in [0.1, 0.15) is 4.21 Å². The van der Waals surface area contributed by atoms with Crippen molar-refractivity contribution in [3.05, 3.63) is 45.7 Å². The Morgan fingerprint density at radius 1 is 0.889 bits per heavy atom. The van der Waals surface area contributed by atoms with Crippen LogP contribution in [0.15, 0.2) is 49.3 Å². The van der Waals surface area contributed by atoms with E-state index in [1.165, 1.54) is 8.61 Å². The quantitative estimate of drug-likeness (QED) is 0.620. The molecular formula is C17H21BrN2O4S3. The van der Waals surface area contributed by atoms with Crippen molar-refractivity contribution in [2.24, 2.45) is 0 Å². The van der Waals surface area contributed by atoms with Gasteiger partial charge >= 0.3 is 0 Å². The molecule has 148 valence electrons. The van der Waals surface area contributed by atoms with E-state index in [0.29, 0.717) is 0 Å². The lowest BCUT2D eigenvalue weighted by atomic mass is 10.1. The predicted octanol–water partition coefficient (Wildman–Crippen LogP) is 3.16. The number of halogens is 1. The molecule has 1 saturated heterocycles. The van der Waals surface area contributed by atoms with Gasteiger partial charge in [-0.2, -0.15) is 8.61 Å². The van der Waals surface area contributed by atoms with Gasteiger partial charge in [0.2, 0.25) is 10.0 Å². The number of rotatable bonds is 6. The fraction of sp³-hybridized carbons (Fsp3) is 0.412. The molecule has 0 N–H and O–H groups in total. The molecule has 0 saturated carbocycles. The first-order chi connectivity index (χ1) is 12.7. The smallest absolute Gasteiger partial charge is 0.207 e. The zero-order chi connectivity index (χ0) is 19.7. The second kappa shape index (κ2) is 8.30. The summed E-state index contributed by atoms with van der Waals surface area (Å²) in [6.45, 7) is 2.65. The van der Waals surface area contributed by atoms with Gasteiger partial charge in [-0.15, -0.1) is 11.3 Å². The molecule has 1 aliphatic rings. The largest absolute Gasteiger partial charge is 0.252 e. The molecule has 2 heterocycles. The number of thiophene rings is 1. The van der Waals surface area contributed by atoms with Crippen molar-refractivity contribution >= 4 is 47.3 Å². The second-order valence-corrected chi connectivity index (χ2v) is 12.8. The van der Waals surface area contributed by atoms with Gasteiger partial charge < -0.3 is 0 Å². The lowest BCUT2D eigenvalue weighted by Crippen LogP contribution is -2.50. The Morgan fingerprint density at radius 2 is 1.44 bits per heavy atom. The summed E-state index contributed by atoms with van der Waals surface area (Å²) in [5.41, 5.74) is 1.11. The van der Waals surface area contributed by atoms with Gasteiger partial charge in [-0.3, -0.25) is 0 Å². The Bertz CT molecular complexity index is 993. The van der Waals surface area contributed by atoms with Crippen LogP contribution in [0, 0.1) is 0 Å². The van der Waals surface area contributed by atoms with Crippen molar-refractivity contribution in [1.82, 2.24) is 8.61 Å². The van der Waals surface area contributed by atoms with Crippen LogP contribution in [0.1, 0.15) is 18.9 Å². The van der Waals surface area contributed by atoms with Gasteiger partial charge in [0.25, 0.3) is 10.0 Å². The summed E-state index contributed by atoms with van der Waals surface area (Å²) in [4.78, 5) is 0.251. The fourth-order valence-electron chi connectivity index (χ4n) is 2.98. The third-order valence-corrected chi connectivity index (χ3v) is 10.3. The number of nitrogens with zero attached hydrogens (tertiary/aromatic N) is 2. The first-order valence-corrected chi connectivity index (χ1v) is 13.1. The first kappa shape index (κ1) is 20.9. The second-order valence-electron chi connectivity index (χ2n) is 6.26. The molecule has 3 rings (SSSR count). The van der Waals surface area contributed by atoms with E-state index in [1.807, 2.05) is 12.1 Å². The Morgan fingerprint density at radius 3 is 1.93 bits per heavy atom. The predicted molar refractivity (Wildman–Crippen MR) is 110 cm³/mol. The number of sulfonamides is 2. The number of hydrogen-bond acceptors (Lipinski definition) is 5. The van der Waals surface area contributed by atoms with Crippen LogP contribution in [0.3, 0.4) is 0 Å². The van der Waals surface area contributed by atoms with Crippen molar-refractivity contribution in [2.45, 2.75) is 28.9 Å². The molecular weight excluding hydrogens is 472 g/mol. The molecule has 10 heteroatoms. The van der Waals surface area contributed by atoms with Gasteiger partial charge in [0.15, 0.2) is 0 Å². The van der Waals surface area contributed by atoms with Crippen LogP contribution >= 0.6 is 27.3 Å². The molecule has 0 unspecified atom stereocenters. The van der Waals surface area contributed by atoms with Gasteiger partial charge in [-0.05, 0) is 52.2 Å². The van der Waals surface area contributed by atoms with Crippen LogP contribution in [0.5, 0.6) is 0 Å². The molecule has 0 spiro atoms. The van der Waals surface area contributed by atoms with Crippen LogP contribution in [-0.4, -0.2) is 51.6 Å². The van der Waals surface area contributed by atoms with Crippen molar-refractivity contribution in [2.75, 3.05) is 26.2 Å². The summed E-state index contributed by atoms with van der Waals surface area (Å²) in [6.07, 6.45) is 1.92. The van der Waals surface area contributed by atoms with Crippen LogP contribution in [-0.2, 0) is 26.5 Å². The van der Waals surface area contributed by atoms with Gasteiger partial charge in [-0.1, -0.05) is 25.5 Å². The minimum Gasteiger partial charge on any atom is -0.207 e. The maximum absolute atomic E-state index is 12.8. The van der Waals surface area contributed by atoms with E-state index in [4.69, 9.17) is 0 Å². The summed E-state index contributed by atoms with van der Waals surface area (Å²) in [5, 5.41) is 0. The van der Waals surface area contributed by atoms with Crippen LogP contribution < -0.4 is 0 Å². The molecule has 0 bridgehead atoms. The molecule has 0 aliphatic carbocycles. The number of benzene rings is 1. The van der Waals surface area contributed by atoms with E-state index in [1.54, 1.807) is 24.3 Å². The first-order valence-electron chi connectivity index (χ1n) is 8.59. The topological polar surface area (TPSA) is 74.8 Å². The van der Waals surface area contributed by atoms with Crippen LogP contribution in [0.25, 0.3) is 0 Å². The van der Waals surface area contributed by atoms with E-state index >= 15 is 0 Å². The van der Waals surface area contributed by atoms with Gasteiger partial charge in [0.05, 0.1) is 8.68 Å². The zero-order valence-corrected chi connectivity index (χ0v) is 18.9. The molecule has 0 amide bonds. The summed E-state index contributed by atoms with van der Waals surface area (Å²) in [7, 11) is -7.20. The maximum Gasteiger partial charge on any atom is 0.252 e. The molecule has 6 nitrogen and oxygen atoms in total. The molecule has 27 heavy (non-hydrogen) atoms. The van der Waals surface area contributed by atoms with Crippen LogP contribution in [0.4, 0.5) is 0 Å². The number of piperazine rings is 1. The minimum atomic E-state index is -3.62. The average molecular weight is 493 g/mol. The van der Waals surface area contributed by atoms with E-state index in [9.17, 15) is 16.8 Å².